The minimum atomic E-state index is -0.493. The zero-order valence-electron chi connectivity index (χ0n) is 10.2. The first-order valence-corrected chi connectivity index (χ1v) is 5.59. The number of hydrogen-bond acceptors (Lipinski definition) is 5. The highest BCUT2D eigenvalue weighted by Gasteiger charge is 2.05. The lowest BCUT2D eigenvalue weighted by molar-refractivity contribution is -0.137. The molecule has 0 saturated heterocycles. The van der Waals surface area contributed by atoms with Gasteiger partial charge in [0.1, 0.15) is 5.82 Å². The molecule has 0 radical (unpaired) electrons. The van der Waals surface area contributed by atoms with Gasteiger partial charge >= 0.3 is 5.97 Å². The number of carbonyl (C=O) groups is 1. The Morgan fingerprint density at radius 1 is 1.53 bits per heavy atom. The number of hydrogen-bond donors (Lipinski definition) is 0. The van der Waals surface area contributed by atoms with Crippen LogP contribution in [0.25, 0.3) is 17.6 Å². The molecular weight excluding hydrogens is 251 g/mol. The van der Waals surface area contributed by atoms with E-state index in [4.69, 9.17) is 4.74 Å². The summed E-state index contributed by atoms with van der Waals surface area (Å²) in [5.41, 5.74) is 0.510. The third-order valence-corrected chi connectivity index (χ3v) is 2.14. The first kappa shape index (κ1) is 12.9. The average molecular weight is 262 g/mol. The standard InChI is InChI=1S/C12H11FN4O2/c1-2-19-11(18)6-7-17-15-12(14-16-17)9-4-3-5-10(13)8-9/h3-8H,2H2,1H3/b7-6-. The lowest BCUT2D eigenvalue weighted by Crippen LogP contribution is -2.01. The molecule has 0 unspecified atom stereocenters. The summed E-state index contributed by atoms with van der Waals surface area (Å²) in [6.45, 7) is 2.00. The molecule has 1 aromatic heterocycles. The third-order valence-electron chi connectivity index (χ3n) is 2.14. The molecule has 1 aromatic carbocycles. The van der Waals surface area contributed by atoms with Crippen LogP contribution in [-0.4, -0.2) is 32.8 Å². The maximum Gasteiger partial charge on any atom is 0.332 e. The Morgan fingerprint density at radius 2 is 2.37 bits per heavy atom. The van der Waals surface area contributed by atoms with Crippen LogP contribution in [0, 0.1) is 5.82 Å². The number of carbonyl (C=O) groups excluding carboxylic acids is 1. The van der Waals surface area contributed by atoms with Crippen LogP contribution in [-0.2, 0) is 9.53 Å². The predicted molar refractivity (Wildman–Crippen MR) is 65.2 cm³/mol. The van der Waals surface area contributed by atoms with Crippen molar-refractivity contribution in [1.82, 2.24) is 20.2 Å². The number of tetrazole rings is 1. The Bertz CT molecular complexity index is 609. The molecule has 1 heterocycles. The Morgan fingerprint density at radius 3 is 3.11 bits per heavy atom. The summed E-state index contributed by atoms with van der Waals surface area (Å²) >= 11 is 0. The molecule has 0 fully saturated rings. The third kappa shape index (κ3) is 3.44. The molecule has 7 heteroatoms. The number of esters is 1. The molecule has 98 valence electrons. The van der Waals surface area contributed by atoms with Gasteiger partial charge in [0, 0.05) is 11.6 Å². The highest BCUT2D eigenvalue weighted by atomic mass is 19.1. The van der Waals surface area contributed by atoms with Crippen molar-refractivity contribution in [2.75, 3.05) is 6.61 Å². The van der Waals surface area contributed by atoms with Gasteiger partial charge in [0.25, 0.3) is 0 Å². The van der Waals surface area contributed by atoms with Crippen LogP contribution in [0.4, 0.5) is 4.39 Å². The van der Waals surface area contributed by atoms with Crippen LogP contribution in [0.15, 0.2) is 30.3 Å². The first-order chi connectivity index (χ1) is 9.19. The molecule has 0 amide bonds. The van der Waals surface area contributed by atoms with Gasteiger partial charge in [0.15, 0.2) is 0 Å². The minimum absolute atomic E-state index is 0.271. The maximum atomic E-state index is 13.0. The van der Waals surface area contributed by atoms with E-state index in [1.54, 1.807) is 19.1 Å². The van der Waals surface area contributed by atoms with Gasteiger partial charge in [-0.05, 0) is 24.3 Å². The van der Waals surface area contributed by atoms with Crippen molar-refractivity contribution in [1.29, 1.82) is 0 Å². The Hall–Kier alpha value is -2.57. The van der Waals surface area contributed by atoms with Crippen LogP contribution < -0.4 is 0 Å². The van der Waals surface area contributed by atoms with E-state index in [1.807, 2.05) is 0 Å². The summed E-state index contributed by atoms with van der Waals surface area (Å²) in [5, 5.41) is 11.5. The smallest absolute Gasteiger partial charge is 0.332 e. The zero-order chi connectivity index (χ0) is 13.7. The van der Waals surface area contributed by atoms with Crippen molar-refractivity contribution in [2.24, 2.45) is 0 Å². The van der Waals surface area contributed by atoms with Gasteiger partial charge in [-0.1, -0.05) is 12.1 Å². The van der Waals surface area contributed by atoms with Gasteiger partial charge in [-0.15, -0.1) is 15.0 Å². The molecule has 19 heavy (non-hydrogen) atoms. The lowest BCUT2D eigenvalue weighted by Gasteiger charge is -1.94. The number of ether oxygens (including phenoxy) is 1. The Kier molecular flexibility index (Phi) is 3.97. The Balaban J connectivity index is 2.13. The van der Waals surface area contributed by atoms with Crippen LogP contribution in [0.2, 0.25) is 0 Å². The number of rotatable bonds is 4. The largest absolute Gasteiger partial charge is 0.463 e. The molecule has 0 aliphatic heterocycles. The van der Waals surface area contributed by atoms with E-state index in [-0.39, 0.29) is 11.6 Å². The van der Waals surface area contributed by atoms with Crippen LogP contribution in [0.1, 0.15) is 6.92 Å². The number of nitrogens with zero attached hydrogens (tertiary/aromatic N) is 4. The molecule has 2 aromatic rings. The van der Waals surface area contributed by atoms with Crippen molar-refractivity contribution in [3.63, 3.8) is 0 Å². The van der Waals surface area contributed by atoms with Crippen molar-refractivity contribution in [3.05, 3.63) is 36.2 Å². The molecule has 2 rings (SSSR count). The molecule has 0 bridgehead atoms. The molecule has 0 saturated carbocycles. The molecule has 6 nitrogen and oxygen atoms in total. The fourth-order valence-corrected chi connectivity index (χ4v) is 1.35. The summed E-state index contributed by atoms with van der Waals surface area (Å²) < 4.78 is 17.7. The molecule has 0 N–H and O–H groups in total. The van der Waals surface area contributed by atoms with Gasteiger partial charge in [0.2, 0.25) is 5.82 Å². The summed E-state index contributed by atoms with van der Waals surface area (Å²) in [7, 11) is 0. The summed E-state index contributed by atoms with van der Waals surface area (Å²) in [4.78, 5) is 12.2. The van der Waals surface area contributed by atoms with Crippen molar-refractivity contribution < 1.29 is 13.9 Å². The second-order valence-electron chi connectivity index (χ2n) is 3.51. The van der Waals surface area contributed by atoms with Gasteiger partial charge in [-0.2, -0.15) is 0 Å². The summed E-state index contributed by atoms with van der Waals surface area (Å²) in [5.74, 6) is -0.601. The molecule has 0 spiro atoms. The fourth-order valence-electron chi connectivity index (χ4n) is 1.35. The highest BCUT2D eigenvalue weighted by molar-refractivity contribution is 5.84. The highest BCUT2D eigenvalue weighted by Crippen LogP contribution is 2.14. The summed E-state index contributed by atoms with van der Waals surface area (Å²) in [6.07, 6.45) is 2.49. The van der Waals surface area contributed by atoms with Gasteiger partial charge in [-0.3, -0.25) is 0 Å². The van der Waals surface area contributed by atoms with Gasteiger partial charge in [-0.25, -0.2) is 9.18 Å². The second kappa shape index (κ2) is 5.85. The zero-order valence-corrected chi connectivity index (χ0v) is 10.2. The van der Waals surface area contributed by atoms with E-state index >= 15 is 0 Å². The van der Waals surface area contributed by atoms with E-state index in [9.17, 15) is 9.18 Å². The molecular formula is C12H11FN4O2. The predicted octanol–water partition coefficient (Wildman–Crippen LogP) is 1.51. The average Bonchev–Trinajstić information content (AvgIpc) is 2.85. The monoisotopic (exact) mass is 262 g/mol. The second-order valence-corrected chi connectivity index (χ2v) is 3.51. The SMILES string of the molecule is CCOC(=O)/C=C\n1nnc(-c2cccc(F)c2)n1. The minimum Gasteiger partial charge on any atom is -0.463 e. The molecule has 0 aliphatic carbocycles. The van der Waals surface area contributed by atoms with E-state index < -0.39 is 5.97 Å². The molecule has 0 aliphatic rings. The van der Waals surface area contributed by atoms with E-state index in [2.05, 4.69) is 15.4 Å². The molecule has 0 atom stereocenters. The van der Waals surface area contributed by atoms with Crippen LogP contribution in [0.3, 0.4) is 0 Å². The van der Waals surface area contributed by atoms with E-state index in [1.165, 1.54) is 24.4 Å². The van der Waals surface area contributed by atoms with E-state index in [0.717, 1.165) is 4.80 Å². The number of benzene rings is 1. The van der Waals surface area contributed by atoms with Crippen molar-refractivity contribution in [3.8, 4) is 11.4 Å². The van der Waals surface area contributed by atoms with Gasteiger partial charge in [0.05, 0.1) is 12.8 Å². The summed E-state index contributed by atoms with van der Waals surface area (Å²) in [6, 6.07) is 5.85. The van der Waals surface area contributed by atoms with Crippen LogP contribution in [0.5, 0.6) is 0 Å². The lowest BCUT2D eigenvalue weighted by atomic mass is 10.2. The number of aromatic nitrogens is 4. The van der Waals surface area contributed by atoms with Crippen molar-refractivity contribution in [2.45, 2.75) is 6.92 Å². The van der Waals surface area contributed by atoms with Crippen molar-refractivity contribution >= 4 is 12.2 Å². The quantitative estimate of drug-likeness (QED) is 0.617. The fraction of sp³-hybridized carbons (Fsp3) is 0.167. The first-order valence-electron chi connectivity index (χ1n) is 5.59. The van der Waals surface area contributed by atoms with Crippen LogP contribution >= 0.6 is 0 Å². The van der Waals surface area contributed by atoms with Gasteiger partial charge < -0.3 is 4.74 Å². The Labute approximate surface area is 108 Å². The topological polar surface area (TPSA) is 69.9 Å². The van der Waals surface area contributed by atoms with E-state index in [0.29, 0.717) is 12.2 Å². The number of halogens is 1. The maximum absolute atomic E-state index is 13.0. The normalized spacial score (nSPS) is 10.8.